The fourth-order valence-corrected chi connectivity index (χ4v) is 5.81. The van der Waals surface area contributed by atoms with Gasteiger partial charge in [-0.3, -0.25) is 4.90 Å². The summed E-state index contributed by atoms with van der Waals surface area (Å²) in [5.74, 6) is 0.970. The second kappa shape index (κ2) is 6.73. The van der Waals surface area contributed by atoms with Gasteiger partial charge in [-0.05, 0) is 50.2 Å². The summed E-state index contributed by atoms with van der Waals surface area (Å²) in [7, 11) is 0. The van der Waals surface area contributed by atoms with Gasteiger partial charge in [-0.2, -0.15) is 0 Å². The van der Waals surface area contributed by atoms with Crippen molar-refractivity contribution in [2.24, 2.45) is 17.6 Å². The summed E-state index contributed by atoms with van der Waals surface area (Å²) in [4.78, 5) is 15.1. The highest BCUT2D eigenvalue weighted by atomic mass is 16.5. The van der Waals surface area contributed by atoms with E-state index in [0.29, 0.717) is 30.2 Å². The van der Waals surface area contributed by atoms with Crippen LogP contribution in [0.3, 0.4) is 0 Å². The highest BCUT2D eigenvalue weighted by molar-refractivity contribution is 5.89. The first-order chi connectivity index (χ1) is 12.1. The molecule has 3 aliphatic rings. The lowest BCUT2D eigenvalue weighted by molar-refractivity contribution is -0.0348. The molecular weight excluding hydrogens is 312 g/mol. The molecule has 0 saturated carbocycles. The summed E-state index contributed by atoms with van der Waals surface area (Å²) >= 11 is 0. The SMILES string of the molecule is CC1CC2CCCC3(CN)C[C@H](COC(=O)c4ccccc4)C(C1)N23. The molecule has 3 fully saturated rings. The van der Waals surface area contributed by atoms with Crippen molar-refractivity contribution >= 4 is 5.97 Å². The number of carbonyl (C=O) groups is 1. The van der Waals surface area contributed by atoms with Crippen LogP contribution in [-0.2, 0) is 4.74 Å². The first kappa shape index (κ1) is 17.0. The van der Waals surface area contributed by atoms with Gasteiger partial charge in [0.1, 0.15) is 0 Å². The molecule has 4 nitrogen and oxygen atoms in total. The third-order valence-electron chi connectivity index (χ3n) is 6.80. The summed E-state index contributed by atoms with van der Waals surface area (Å²) in [5, 5.41) is 0. The Balaban J connectivity index is 1.49. The standard InChI is InChI=1S/C21H30N2O2/c1-15-10-18-8-5-9-21(14-22)12-17(19(11-15)23(18)21)13-25-20(24)16-6-3-2-4-7-16/h2-4,6-7,15,17-19H,5,8-14,22H2,1H3/t15?,17-,18?,19?,21?/m1/s1. The Hall–Kier alpha value is -1.39. The van der Waals surface area contributed by atoms with Crippen LogP contribution < -0.4 is 5.73 Å². The number of ether oxygens (including phenoxy) is 1. The molecule has 0 aliphatic carbocycles. The predicted molar refractivity (Wildman–Crippen MR) is 98.3 cm³/mol. The number of benzene rings is 1. The molecular formula is C21H30N2O2. The highest BCUT2D eigenvalue weighted by Gasteiger charge is 2.56. The van der Waals surface area contributed by atoms with Gasteiger partial charge in [0.15, 0.2) is 0 Å². The number of rotatable bonds is 4. The molecule has 1 aromatic carbocycles. The van der Waals surface area contributed by atoms with Gasteiger partial charge in [-0.15, -0.1) is 0 Å². The van der Waals surface area contributed by atoms with Gasteiger partial charge in [-0.25, -0.2) is 4.79 Å². The highest BCUT2D eigenvalue weighted by Crippen LogP contribution is 2.51. The van der Waals surface area contributed by atoms with E-state index in [2.05, 4.69) is 11.8 Å². The fourth-order valence-electron chi connectivity index (χ4n) is 5.81. The lowest BCUT2D eigenvalue weighted by atomic mass is 9.78. The molecule has 136 valence electrons. The molecule has 3 aliphatic heterocycles. The zero-order valence-corrected chi connectivity index (χ0v) is 15.2. The third-order valence-corrected chi connectivity index (χ3v) is 6.80. The Bertz CT molecular complexity index is 620. The monoisotopic (exact) mass is 342 g/mol. The average Bonchev–Trinajstić information content (AvgIpc) is 2.96. The molecule has 1 aromatic rings. The first-order valence-electron chi connectivity index (χ1n) is 9.83. The van der Waals surface area contributed by atoms with Crippen LogP contribution in [0, 0.1) is 11.8 Å². The minimum Gasteiger partial charge on any atom is -0.462 e. The van der Waals surface area contributed by atoms with E-state index < -0.39 is 0 Å². The fraction of sp³-hybridized carbons (Fsp3) is 0.667. The summed E-state index contributed by atoms with van der Waals surface area (Å²) < 4.78 is 5.73. The van der Waals surface area contributed by atoms with Crippen molar-refractivity contribution in [2.75, 3.05) is 13.2 Å². The second-order valence-corrected chi connectivity index (χ2v) is 8.45. The van der Waals surface area contributed by atoms with Gasteiger partial charge in [0.05, 0.1) is 12.2 Å². The summed E-state index contributed by atoms with van der Waals surface area (Å²) in [5.41, 5.74) is 7.07. The molecule has 4 unspecified atom stereocenters. The predicted octanol–water partition coefficient (Wildman–Crippen LogP) is 3.21. The summed E-state index contributed by atoms with van der Waals surface area (Å²) in [6.07, 6.45) is 7.39. The van der Waals surface area contributed by atoms with Crippen LogP contribution in [0.1, 0.15) is 55.8 Å². The van der Waals surface area contributed by atoms with Crippen molar-refractivity contribution in [1.29, 1.82) is 0 Å². The molecule has 0 spiro atoms. The van der Waals surface area contributed by atoms with Gasteiger partial charge >= 0.3 is 5.97 Å². The number of hydrogen-bond donors (Lipinski definition) is 1. The Labute approximate surface area is 150 Å². The van der Waals surface area contributed by atoms with Gasteiger partial charge in [0, 0.05) is 30.1 Å². The van der Waals surface area contributed by atoms with E-state index in [4.69, 9.17) is 10.5 Å². The molecule has 3 heterocycles. The molecule has 0 aromatic heterocycles. The largest absolute Gasteiger partial charge is 0.462 e. The minimum atomic E-state index is -0.201. The van der Waals surface area contributed by atoms with Crippen LogP contribution in [-0.4, -0.2) is 41.6 Å². The smallest absolute Gasteiger partial charge is 0.338 e. The number of nitrogens with zero attached hydrogens (tertiary/aromatic N) is 1. The molecule has 3 saturated heterocycles. The zero-order valence-electron chi connectivity index (χ0n) is 15.2. The van der Waals surface area contributed by atoms with Crippen LogP contribution in [0.25, 0.3) is 0 Å². The van der Waals surface area contributed by atoms with E-state index in [0.717, 1.165) is 18.9 Å². The lowest BCUT2D eigenvalue weighted by Gasteiger charge is -2.53. The van der Waals surface area contributed by atoms with Crippen LogP contribution in [0.2, 0.25) is 0 Å². The van der Waals surface area contributed by atoms with E-state index in [1.54, 1.807) is 0 Å². The second-order valence-electron chi connectivity index (χ2n) is 8.45. The Morgan fingerprint density at radius 1 is 1.32 bits per heavy atom. The quantitative estimate of drug-likeness (QED) is 0.854. The molecule has 0 bridgehead atoms. The molecule has 2 N–H and O–H groups in total. The summed E-state index contributed by atoms with van der Waals surface area (Å²) in [6, 6.07) is 10.5. The van der Waals surface area contributed by atoms with Crippen molar-refractivity contribution in [2.45, 2.75) is 63.1 Å². The molecule has 0 amide bonds. The van der Waals surface area contributed by atoms with E-state index in [9.17, 15) is 4.79 Å². The first-order valence-corrected chi connectivity index (χ1v) is 9.83. The number of carbonyl (C=O) groups excluding carboxylic acids is 1. The van der Waals surface area contributed by atoms with Crippen molar-refractivity contribution in [1.82, 2.24) is 4.90 Å². The molecule has 4 rings (SSSR count). The number of piperidine rings is 2. The third kappa shape index (κ3) is 3.00. The maximum Gasteiger partial charge on any atom is 0.338 e. The molecule has 5 atom stereocenters. The number of esters is 1. The number of nitrogens with two attached hydrogens (primary N) is 1. The van der Waals surface area contributed by atoms with Crippen LogP contribution >= 0.6 is 0 Å². The summed E-state index contributed by atoms with van der Waals surface area (Å²) in [6.45, 7) is 3.63. The zero-order chi connectivity index (χ0) is 17.4. The molecule has 4 heteroatoms. The maximum absolute atomic E-state index is 12.3. The van der Waals surface area contributed by atoms with Crippen molar-refractivity contribution in [3.8, 4) is 0 Å². The van der Waals surface area contributed by atoms with Gasteiger partial charge in [0.25, 0.3) is 0 Å². The van der Waals surface area contributed by atoms with Gasteiger partial charge < -0.3 is 10.5 Å². The van der Waals surface area contributed by atoms with E-state index in [1.807, 2.05) is 30.3 Å². The lowest BCUT2D eigenvalue weighted by Crippen LogP contribution is -2.61. The topological polar surface area (TPSA) is 55.6 Å². The maximum atomic E-state index is 12.3. The van der Waals surface area contributed by atoms with Crippen LogP contribution in [0.4, 0.5) is 0 Å². The van der Waals surface area contributed by atoms with E-state index >= 15 is 0 Å². The van der Waals surface area contributed by atoms with Crippen LogP contribution in [0.5, 0.6) is 0 Å². The van der Waals surface area contributed by atoms with E-state index in [-0.39, 0.29) is 11.5 Å². The van der Waals surface area contributed by atoms with E-state index in [1.165, 1.54) is 32.1 Å². The normalized spacial score (nSPS) is 37.5. The molecule has 25 heavy (non-hydrogen) atoms. The van der Waals surface area contributed by atoms with Gasteiger partial charge in [0.2, 0.25) is 0 Å². The Morgan fingerprint density at radius 3 is 2.88 bits per heavy atom. The van der Waals surface area contributed by atoms with Crippen LogP contribution in [0.15, 0.2) is 30.3 Å². The average molecular weight is 342 g/mol. The van der Waals surface area contributed by atoms with Crippen molar-refractivity contribution in [3.05, 3.63) is 35.9 Å². The minimum absolute atomic E-state index is 0.150. The van der Waals surface area contributed by atoms with Crippen molar-refractivity contribution < 1.29 is 9.53 Å². The Kier molecular flexibility index (Phi) is 4.59. The number of hydrogen-bond acceptors (Lipinski definition) is 4. The Morgan fingerprint density at radius 2 is 2.12 bits per heavy atom. The molecule has 0 radical (unpaired) electrons. The van der Waals surface area contributed by atoms with Gasteiger partial charge in [-0.1, -0.05) is 31.5 Å². The van der Waals surface area contributed by atoms with Crippen molar-refractivity contribution in [3.63, 3.8) is 0 Å².